The summed E-state index contributed by atoms with van der Waals surface area (Å²) < 4.78 is 14.6. The second kappa shape index (κ2) is 5.08. The topological polar surface area (TPSA) is 17.8 Å². The van der Waals surface area contributed by atoms with Crippen LogP contribution in [0.3, 0.4) is 0 Å². The summed E-state index contributed by atoms with van der Waals surface area (Å²) in [7, 11) is 0. The Morgan fingerprint density at radius 1 is 1.30 bits per heavy atom. The minimum absolute atomic E-state index is 0.308. The van der Waals surface area contributed by atoms with Gasteiger partial charge in [0.2, 0.25) is 0 Å². The predicted octanol–water partition coefficient (Wildman–Crippen LogP) is 4.58. The molecule has 0 N–H and O–H groups in total. The molecular weight excluding hydrogens is 251 g/mol. The van der Waals surface area contributed by atoms with Gasteiger partial charge in [-0.2, -0.15) is 0 Å². The number of allylic oxidation sites excluding steroid dienone is 1. The van der Waals surface area contributed by atoms with Gasteiger partial charge in [-0.25, -0.2) is 4.98 Å². The van der Waals surface area contributed by atoms with E-state index < -0.39 is 0 Å². The van der Waals surface area contributed by atoms with Gasteiger partial charge in [-0.05, 0) is 36.6 Å². The zero-order valence-corrected chi connectivity index (χ0v) is 11.6. The predicted molar refractivity (Wildman–Crippen MR) is 82.5 cm³/mol. The third-order valence-corrected chi connectivity index (χ3v) is 3.62. The van der Waals surface area contributed by atoms with Crippen molar-refractivity contribution in [3.63, 3.8) is 0 Å². The Morgan fingerprint density at radius 2 is 2.10 bits per heavy atom. The SMILES string of the molecule is C=C(C)c1cnc2c(c1)c1ccccc1n2CCCF. The molecule has 0 fully saturated rings. The number of nitrogens with zero attached hydrogens (tertiary/aromatic N) is 2. The van der Waals surface area contributed by atoms with E-state index >= 15 is 0 Å². The van der Waals surface area contributed by atoms with E-state index in [9.17, 15) is 4.39 Å². The highest BCUT2D eigenvalue weighted by molar-refractivity contribution is 6.07. The van der Waals surface area contributed by atoms with Gasteiger partial charge in [0.1, 0.15) is 5.65 Å². The van der Waals surface area contributed by atoms with E-state index in [4.69, 9.17) is 0 Å². The molecule has 0 amide bonds. The number of fused-ring (bicyclic) bond motifs is 3. The average molecular weight is 268 g/mol. The van der Waals surface area contributed by atoms with Gasteiger partial charge in [-0.1, -0.05) is 24.8 Å². The lowest BCUT2D eigenvalue weighted by Crippen LogP contribution is -1.99. The number of aromatic nitrogens is 2. The molecule has 3 rings (SSSR count). The van der Waals surface area contributed by atoms with E-state index in [-0.39, 0.29) is 6.67 Å². The summed E-state index contributed by atoms with van der Waals surface area (Å²) in [5.41, 5.74) is 4.08. The molecule has 0 bridgehead atoms. The molecule has 0 saturated carbocycles. The van der Waals surface area contributed by atoms with Crippen LogP contribution in [0.15, 0.2) is 43.1 Å². The van der Waals surface area contributed by atoms with Crippen LogP contribution in [0.2, 0.25) is 0 Å². The molecule has 2 heterocycles. The van der Waals surface area contributed by atoms with Gasteiger partial charge < -0.3 is 4.57 Å². The lowest BCUT2D eigenvalue weighted by Gasteiger charge is -2.05. The molecule has 0 aliphatic rings. The van der Waals surface area contributed by atoms with Crippen LogP contribution in [0.4, 0.5) is 4.39 Å². The van der Waals surface area contributed by atoms with Crippen molar-refractivity contribution in [2.45, 2.75) is 19.9 Å². The first-order chi connectivity index (χ1) is 9.72. The summed E-state index contributed by atoms with van der Waals surface area (Å²) in [6, 6.07) is 10.3. The maximum Gasteiger partial charge on any atom is 0.140 e. The minimum Gasteiger partial charge on any atom is -0.325 e. The Balaban J connectivity index is 2.32. The van der Waals surface area contributed by atoms with Crippen molar-refractivity contribution < 1.29 is 4.39 Å². The zero-order chi connectivity index (χ0) is 14.1. The largest absolute Gasteiger partial charge is 0.325 e. The molecule has 1 aromatic carbocycles. The van der Waals surface area contributed by atoms with Gasteiger partial charge in [-0.3, -0.25) is 4.39 Å². The van der Waals surface area contributed by atoms with Crippen LogP contribution in [-0.2, 0) is 6.54 Å². The Morgan fingerprint density at radius 3 is 2.85 bits per heavy atom. The van der Waals surface area contributed by atoms with Gasteiger partial charge in [-0.15, -0.1) is 0 Å². The number of halogens is 1. The molecule has 3 heteroatoms. The fraction of sp³-hybridized carbons (Fsp3) is 0.235. The smallest absolute Gasteiger partial charge is 0.140 e. The lowest BCUT2D eigenvalue weighted by atomic mass is 10.1. The summed E-state index contributed by atoms with van der Waals surface area (Å²) in [5, 5.41) is 2.27. The summed E-state index contributed by atoms with van der Waals surface area (Å²) >= 11 is 0. The number of alkyl halides is 1. The number of benzene rings is 1. The first-order valence-electron chi connectivity index (χ1n) is 6.81. The quantitative estimate of drug-likeness (QED) is 0.677. The van der Waals surface area contributed by atoms with Gasteiger partial charge in [0, 0.05) is 23.5 Å². The average Bonchev–Trinajstić information content (AvgIpc) is 2.78. The van der Waals surface area contributed by atoms with Crippen molar-refractivity contribution in [3.8, 4) is 0 Å². The molecule has 2 nitrogen and oxygen atoms in total. The number of aryl methyl sites for hydroxylation is 1. The molecule has 0 atom stereocenters. The number of para-hydroxylation sites is 1. The highest BCUT2D eigenvalue weighted by Gasteiger charge is 2.11. The van der Waals surface area contributed by atoms with Crippen molar-refractivity contribution in [3.05, 3.63) is 48.7 Å². The second-order valence-corrected chi connectivity index (χ2v) is 5.09. The zero-order valence-electron chi connectivity index (χ0n) is 11.6. The van der Waals surface area contributed by atoms with Crippen LogP contribution in [-0.4, -0.2) is 16.2 Å². The number of rotatable bonds is 4. The highest BCUT2D eigenvalue weighted by Crippen LogP contribution is 2.29. The van der Waals surface area contributed by atoms with E-state index in [1.54, 1.807) is 0 Å². The molecule has 0 aliphatic carbocycles. The number of hydrogen-bond donors (Lipinski definition) is 0. The molecule has 102 valence electrons. The normalized spacial score (nSPS) is 11.3. The summed E-state index contributed by atoms with van der Waals surface area (Å²) in [6.45, 7) is 6.29. The molecule has 0 saturated heterocycles. The lowest BCUT2D eigenvalue weighted by molar-refractivity contribution is 0.452. The monoisotopic (exact) mass is 268 g/mol. The standard InChI is InChI=1S/C17H17FN2/c1-12(2)13-10-15-14-6-3-4-7-16(14)20(9-5-8-18)17(15)19-11-13/h3-4,6-7,10-11H,1,5,8-9H2,2H3. The molecule has 0 unspecified atom stereocenters. The molecule has 0 aliphatic heterocycles. The maximum absolute atomic E-state index is 12.5. The third kappa shape index (κ3) is 1.99. The number of pyridine rings is 1. The van der Waals surface area contributed by atoms with Crippen LogP contribution in [0.1, 0.15) is 18.9 Å². The van der Waals surface area contributed by atoms with E-state index in [0.717, 1.165) is 33.1 Å². The maximum atomic E-state index is 12.5. The Hall–Kier alpha value is -2.16. The first-order valence-corrected chi connectivity index (χ1v) is 6.81. The fourth-order valence-electron chi connectivity index (χ4n) is 2.60. The van der Waals surface area contributed by atoms with Crippen molar-refractivity contribution in [1.82, 2.24) is 9.55 Å². The summed E-state index contributed by atoms with van der Waals surface area (Å²) in [5.74, 6) is 0. The van der Waals surface area contributed by atoms with E-state index in [2.05, 4.69) is 34.3 Å². The van der Waals surface area contributed by atoms with E-state index in [1.165, 1.54) is 0 Å². The van der Waals surface area contributed by atoms with Crippen LogP contribution in [0.25, 0.3) is 27.5 Å². The van der Waals surface area contributed by atoms with Gasteiger partial charge in [0.05, 0.1) is 12.2 Å². The Kier molecular flexibility index (Phi) is 3.26. The summed E-state index contributed by atoms with van der Waals surface area (Å²) in [4.78, 5) is 4.57. The Labute approximate surface area is 117 Å². The first kappa shape index (κ1) is 12.9. The van der Waals surface area contributed by atoms with Gasteiger partial charge >= 0.3 is 0 Å². The molecule has 20 heavy (non-hydrogen) atoms. The molecule has 0 spiro atoms. The molecule has 2 aromatic heterocycles. The van der Waals surface area contributed by atoms with Crippen molar-refractivity contribution in [2.75, 3.05) is 6.67 Å². The molecule has 3 aromatic rings. The van der Waals surface area contributed by atoms with Crippen LogP contribution >= 0.6 is 0 Å². The summed E-state index contributed by atoms with van der Waals surface area (Å²) in [6.07, 6.45) is 2.35. The third-order valence-electron chi connectivity index (χ3n) is 3.62. The second-order valence-electron chi connectivity index (χ2n) is 5.09. The van der Waals surface area contributed by atoms with Crippen molar-refractivity contribution >= 4 is 27.5 Å². The van der Waals surface area contributed by atoms with Gasteiger partial charge in [0.25, 0.3) is 0 Å². The highest BCUT2D eigenvalue weighted by atomic mass is 19.1. The number of hydrogen-bond acceptors (Lipinski definition) is 1. The van der Waals surface area contributed by atoms with Crippen LogP contribution in [0, 0.1) is 0 Å². The van der Waals surface area contributed by atoms with E-state index in [0.29, 0.717) is 13.0 Å². The van der Waals surface area contributed by atoms with E-state index in [1.807, 2.05) is 25.3 Å². The van der Waals surface area contributed by atoms with Crippen molar-refractivity contribution in [2.24, 2.45) is 0 Å². The molecular formula is C17H17FN2. The van der Waals surface area contributed by atoms with Crippen molar-refractivity contribution in [1.29, 1.82) is 0 Å². The fourth-order valence-corrected chi connectivity index (χ4v) is 2.60. The Bertz CT molecular complexity index is 786. The van der Waals surface area contributed by atoms with Crippen LogP contribution < -0.4 is 0 Å². The molecule has 0 radical (unpaired) electrons. The van der Waals surface area contributed by atoms with Gasteiger partial charge in [0.15, 0.2) is 0 Å². The minimum atomic E-state index is -0.308. The van der Waals surface area contributed by atoms with Crippen LogP contribution in [0.5, 0.6) is 0 Å².